The fourth-order valence-corrected chi connectivity index (χ4v) is 3.35. The highest BCUT2D eigenvalue weighted by Gasteiger charge is 2.25. The summed E-state index contributed by atoms with van der Waals surface area (Å²) < 4.78 is 16.5. The first-order valence-corrected chi connectivity index (χ1v) is 8.61. The molecule has 1 amide bonds. The molecule has 0 spiro atoms. The molecule has 0 aromatic heterocycles. The van der Waals surface area contributed by atoms with Gasteiger partial charge in [0.15, 0.2) is 0 Å². The van der Waals surface area contributed by atoms with Crippen LogP contribution in [0.5, 0.6) is 11.5 Å². The minimum atomic E-state index is -0.246. The van der Waals surface area contributed by atoms with E-state index >= 15 is 0 Å². The van der Waals surface area contributed by atoms with Crippen LogP contribution in [0, 0.1) is 0 Å². The van der Waals surface area contributed by atoms with Gasteiger partial charge in [0, 0.05) is 50.3 Å². The van der Waals surface area contributed by atoms with Gasteiger partial charge in [-0.2, -0.15) is 0 Å². The highest BCUT2D eigenvalue weighted by molar-refractivity contribution is 5.67. The smallest absolute Gasteiger partial charge is 0.409 e. The molecule has 1 fully saturated rings. The van der Waals surface area contributed by atoms with Gasteiger partial charge < -0.3 is 19.1 Å². The lowest BCUT2D eigenvalue weighted by atomic mass is 10.1. The normalized spacial score (nSPS) is 20.5. The maximum Gasteiger partial charge on any atom is 0.409 e. The summed E-state index contributed by atoms with van der Waals surface area (Å²) in [7, 11) is 1.43. The molecule has 24 heavy (non-hydrogen) atoms. The topological polar surface area (TPSA) is 51.2 Å². The molecule has 6 heteroatoms. The molecule has 0 aliphatic carbocycles. The van der Waals surface area contributed by atoms with Crippen LogP contribution in [0.2, 0.25) is 0 Å². The van der Waals surface area contributed by atoms with Crippen molar-refractivity contribution in [2.24, 2.45) is 0 Å². The van der Waals surface area contributed by atoms with Crippen LogP contribution in [0.25, 0.3) is 0 Å². The first-order chi connectivity index (χ1) is 11.6. The van der Waals surface area contributed by atoms with E-state index in [4.69, 9.17) is 14.2 Å². The molecule has 0 radical (unpaired) electrons. The lowest BCUT2D eigenvalue weighted by Crippen LogP contribution is -2.48. The van der Waals surface area contributed by atoms with Crippen molar-refractivity contribution in [3.8, 4) is 11.5 Å². The lowest BCUT2D eigenvalue weighted by molar-refractivity contribution is 0.0885. The number of ether oxygens (including phenoxy) is 3. The summed E-state index contributed by atoms with van der Waals surface area (Å²) in [5, 5.41) is 0. The van der Waals surface area contributed by atoms with E-state index in [0.29, 0.717) is 19.7 Å². The third-order valence-electron chi connectivity index (χ3n) is 4.58. The van der Waals surface area contributed by atoms with Crippen molar-refractivity contribution in [2.45, 2.75) is 32.9 Å². The van der Waals surface area contributed by atoms with Crippen LogP contribution in [0.15, 0.2) is 12.1 Å². The van der Waals surface area contributed by atoms with Gasteiger partial charge in [-0.15, -0.1) is 0 Å². The second kappa shape index (κ2) is 7.30. The van der Waals surface area contributed by atoms with Crippen molar-refractivity contribution in [3.05, 3.63) is 23.3 Å². The fourth-order valence-electron chi connectivity index (χ4n) is 3.35. The Labute approximate surface area is 143 Å². The molecule has 0 N–H and O–H groups in total. The van der Waals surface area contributed by atoms with E-state index in [9.17, 15) is 4.79 Å². The monoisotopic (exact) mass is 334 g/mol. The second-order valence-electron chi connectivity index (χ2n) is 6.37. The summed E-state index contributed by atoms with van der Waals surface area (Å²) in [6.45, 7) is 8.58. The predicted octanol–water partition coefficient (Wildman–Crippen LogP) is 2.29. The van der Waals surface area contributed by atoms with E-state index in [1.54, 1.807) is 4.90 Å². The Morgan fingerprint density at radius 1 is 1.29 bits per heavy atom. The number of fused-ring (bicyclic) bond motifs is 1. The van der Waals surface area contributed by atoms with Gasteiger partial charge in [-0.1, -0.05) is 0 Å². The van der Waals surface area contributed by atoms with Gasteiger partial charge in [-0.05, 0) is 26.0 Å². The number of piperazine rings is 1. The largest absolute Gasteiger partial charge is 0.494 e. The maximum atomic E-state index is 11.6. The summed E-state index contributed by atoms with van der Waals surface area (Å²) in [6.07, 6.45) is 0.922. The number of benzene rings is 1. The third kappa shape index (κ3) is 3.59. The average Bonchev–Trinajstić information content (AvgIpc) is 2.94. The molecule has 2 aliphatic rings. The second-order valence-corrected chi connectivity index (χ2v) is 6.37. The van der Waals surface area contributed by atoms with Gasteiger partial charge in [0.1, 0.15) is 17.6 Å². The number of hydrogen-bond acceptors (Lipinski definition) is 5. The number of amides is 1. The molecular weight excluding hydrogens is 308 g/mol. The highest BCUT2D eigenvalue weighted by Crippen LogP contribution is 2.35. The SMILES string of the molecule is CCOc1cc2c(cc1CN1CCN(C(=O)OC)CC1)OC(C)C2. The van der Waals surface area contributed by atoms with E-state index in [1.807, 2.05) is 6.92 Å². The first kappa shape index (κ1) is 16.9. The molecule has 3 rings (SSSR count). The number of nitrogens with zero attached hydrogens (tertiary/aromatic N) is 2. The summed E-state index contributed by atoms with van der Waals surface area (Å²) >= 11 is 0. The van der Waals surface area contributed by atoms with E-state index in [-0.39, 0.29) is 12.2 Å². The van der Waals surface area contributed by atoms with Crippen molar-refractivity contribution < 1.29 is 19.0 Å². The van der Waals surface area contributed by atoms with Crippen molar-refractivity contribution >= 4 is 6.09 Å². The number of hydrogen-bond donors (Lipinski definition) is 0. The Balaban J connectivity index is 1.69. The zero-order valence-corrected chi connectivity index (χ0v) is 14.7. The molecular formula is C18H26N2O4. The van der Waals surface area contributed by atoms with Gasteiger partial charge >= 0.3 is 6.09 Å². The van der Waals surface area contributed by atoms with Gasteiger partial charge in [-0.3, -0.25) is 4.90 Å². The van der Waals surface area contributed by atoms with Gasteiger partial charge in [0.2, 0.25) is 0 Å². The van der Waals surface area contributed by atoms with Crippen LogP contribution in [0.4, 0.5) is 4.79 Å². The Morgan fingerprint density at radius 3 is 2.71 bits per heavy atom. The van der Waals surface area contributed by atoms with Crippen LogP contribution in [0.3, 0.4) is 0 Å². The Kier molecular flexibility index (Phi) is 5.14. The molecule has 2 heterocycles. The summed E-state index contributed by atoms with van der Waals surface area (Å²) in [5.41, 5.74) is 2.38. The molecule has 6 nitrogen and oxygen atoms in total. The lowest BCUT2D eigenvalue weighted by Gasteiger charge is -2.34. The van der Waals surface area contributed by atoms with Crippen LogP contribution in [-0.4, -0.2) is 61.9 Å². The van der Waals surface area contributed by atoms with Gasteiger partial charge in [-0.25, -0.2) is 4.79 Å². The molecule has 1 unspecified atom stereocenters. The Morgan fingerprint density at radius 2 is 2.04 bits per heavy atom. The van der Waals surface area contributed by atoms with Crippen LogP contribution in [0.1, 0.15) is 25.0 Å². The number of rotatable bonds is 4. The van der Waals surface area contributed by atoms with Gasteiger partial charge in [0.05, 0.1) is 13.7 Å². The number of carbonyl (C=O) groups excluding carboxylic acids is 1. The summed E-state index contributed by atoms with van der Waals surface area (Å²) in [5.74, 6) is 1.93. The van der Waals surface area contributed by atoms with Crippen molar-refractivity contribution in [1.29, 1.82) is 0 Å². The van der Waals surface area contributed by atoms with Crippen LogP contribution < -0.4 is 9.47 Å². The maximum absolute atomic E-state index is 11.6. The average molecular weight is 334 g/mol. The van der Waals surface area contributed by atoms with Crippen molar-refractivity contribution in [3.63, 3.8) is 0 Å². The highest BCUT2D eigenvalue weighted by atomic mass is 16.5. The molecule has 1 aromatic carbocycles. The fraction of sp³-hybridized carbons (Fsp3) is 0.611. The third-order valence-corrected chi connectivity index (χ3v) is 4.58. The molecule has 2 aliphatic heterocycles. The number of carbonyl (C=O) groups is 1. The minimum absolute atomic E-state index is 0.230. The van der Waals surface area contributed by atoms with E-state index in [0.717, 1.165) is 43.1 Å². The Hall–Kier alpha value is -1.95. The zero-order valence-electron chi connectivity index (χ0n) is 14.7. The summed E-state index contributed by atoms with van der Waals surface area (Å²) in [4.78, 5) is 15.7. The van der Waals surface area contributed by atoms with Crippen LogP contribution in [-0.2, 0) is 17.7 Å². The van der Waals surface area contributed by atoms with Gasteiger partial charge in [0.25, 0.3) is 0 Å². The molecule has 0 bridgehead atoms. The minimum Gasteiger partial charge on any atom is -0.494 e. The molecule has 1 atom stereocenters. The van der Waals surface area contributed by atoms with Crippen molar-refractivity contribution in [2.75, 3.05) is 39.9 Å². The number of methoxy groups -OCH3 is 1. The Bertz CT molecular complexity index is 597. The van der Waals surface area contributed by atoms with E-state index in [1.165, 1.54) is 12.7 Å². The van der Waals surface area contributed by atoms with Crippen molar-refractivity contribution in [1.82, 2.24) is 9.80 Å². The molecule has 0 saturated carbocycles. The van der Waals surface area contributed by atoms with E-state index in [2.05, 4.69) is 24.0 Å². The predicted molar refractivity (Wildman–Crippen MR) is 90.7 cm³/mol. The van der Waals surface area contributed by atoms with E-state index < -0.39 is 0 Å². The summed E-state index contributed by atoms with van der Waals surface area (Å²) in [6, 6.07) is 4.25. The quantitative estimate of drug-likeness (QED) is 0.846. The van der Waals surface area contributed by atoms with Crippen LogP contribution >= 0.6 is 0 Å². The first-order valence-electron chi connectivity index (χ1n) is 8.61. The zero-order chi connectivity index (χ0) is 17.1. The molecule has 1 aromatic rings. The molecule has 1 saturated heterocycles. The standard InChI is InChI=1S/C18H26N2O4/c1-4-23-16-10-14-9-13(2)24-17(14)11-15(16)12-19-5-7-20(8-6-19)18(21)22-3/h10-11,13H,4-9,12H2,1-3H3. The molecule has 132 valence electrons.